The summed E-state index contributed by atoms with van der Waals surface area (Å²) in [6.45, 7) is 9.82. The lowest BCUT2D eigenvalue weighted by Gasteiger charge is -2.46. The van der Waals surface area contributed by atoms with Crippen molar-refractivity contribution in [2.45, 2.75) is 33.3 Å². The minimum atomic E-state index is 0.161. The van der Waals surface area contributed by atoms with Crippen LogP contribution in [0.2, 0.25) is 0 Å². The van der Waals surface area contributed by atoms with Crippen LogP contribution in [0.15, 0.2) is 0 Å². The van der Waals surface area contributed by atoms with Gasteiger partial charge in [0, 0.05) is 5.92 Å². The minimum Gasteiger partial charge on any atom is -0.375 e. The zero-order chi connectivity index (χ0) is 7.07. The van der Waals surface area contributed by atoms with Gasteiger partial charge in [0.05, 0.1) is 12.2 Å². The van der Waals surface area contributed by atoms with Gasteiger partial charge in [0.15, 0.2) is 0 Å². The minimum absolute atomic E-state index is 0.161. The Balaban J connectivity index is 2.45. The Morgan fingerprint density at radius 1 is 1.44 bits per heavy atom. The van der Waals surface area contributed by atoms with Gasteiger partial charge in [-0.2, -0.15) is 0 Å². The summed E-state index contributed by atoms with van der Waals surface area (Å²) in [4.78, 5) is 0. The summed E-state index contributed by atoms with van der Waals surface area (Å²) in [6.07, 6.45) is 0. The molecule has 0 aliphatic carbocycles. The fourth-order valence-corrected chi connectivity index (χ4v) is 1.51. The van der Waals surface area contributed by atoms with Crippen LogP contribution in [0.3, 0.4) is 0 Å². The van der Waals surface area contributed by atoms with Gasteiger partial charge in [0.2, 0.25) is 0 Å². The molecule has 54 valence electrons. The number of rotatable bonds is 1. The molecule has 1 fully saturated rings. The number of hydrogen-bond acceptors (Lipinski definition) is 1. The Morgan fingerprint density at radius 3 is 2.00 bits per heavy atom. The summed E-state index contributed by atoms with van der Waals surface area (Å²) in [6, 6.07) is 0. The Bertz CT molecular complexity index is 105. The third-order valence-corrected chi connectivity index (χ3v) is 2.33. The highest BCUT2D eigenvalue weighted by molar-refractivity contribution is 4.89. The van der Waals surface area contributed by atoms with E-state index in [9.17, 15) is 0 Å². The molecule has 0 aromatic rings. The molecule has 0 bridgehead atoms. The molecule has 0 N–H and O–H groups in total. The van der Waals surface area contributed by atoms with Crippen LogP contribution in [0, 0.1) is 11.8 Å². The van der Waals surface area contributed by atoms with Crippen molar-refractivity contribution in [3.8, 4) is 0 Å². The molecule has 0 radical (unpaired) electrons. The smallest absolute Gasteiger partial charge is 0.0679 e. The van der Waals surface area contributed by atoms with Crippen LogP contribution in [0.4, 0.5) is 0 Å². The summed E-state index contributed by atoms with van der Waals surface area (Å²) in [7, 11) is 0. The maximum absolute atomic E-state index is 5.39. The third kappa shape index (κ3) is 1.11. The van der Waals surface area contributed by atoms with Crippen molar-refractivity contribution in [2.75, 3.05) is 6.61 Å². The van der Waals surface area contributed by atoms with Crippen LogP contribution < -0.4 is 0 Å². The van der Waals surface area contributed by atoms with E-state index in [2.05, 4.69) is 27.7 Å². The summed E-state index contributed by atoms with van der Waals surface area (Å²) in [5.74, 6) is 1.55. The van der Waals surface area contributed by atoms with Crippen LogP contribution in [0.5, 0.6) is 0 Å². The Labute approximate surface area is 57.4 Å². The third-order valence-electron chi connectivity index (χ3n) is 2.33. The van der Waals surface area contributed by atoms with Gasteiger partial charge in [0.25, 0.3) is 0 Å². The monoisotopic (exact) mass is 128 g/mol. The molecule has 0 aromatic carbocycles. The van der Waals surface area contributed by atoms with Crippen molar-refractivity contribution in [1.82, 2.24) is 0 Å². The van der Waals surface area contributed by atoms with Gasteiger partial charge in [-0.25, -0.2) is 0 Å². The van der Waals surface area contributed by atoms with Gasteiger partial charge in [-0.1, -0.05) is 13.8 Å². The van der Waals surface area contributed by atoms with Crippen LogP contribution in [-0.4, -0.2) is 12.2 Å². The van der Waals surface area contributed by atoms with E-state index in [1.54, 1.807) is 0 Å². The highest BCUT2D eigenvalue weighted by atomic mass is 16.5. The van der Waals surface area contributed by atoms with E-state index in [4.69, 9.17) is 4.74 Å². The molecule has 1 rings (SSSR count). The topological polar surface area (TPSA) is 9.23 Å². The van der Waals surface area contributed by atoms with Crippen LogP contribution >= 0.6 is 0 Å². The average Bonchev–Trinajstić information content (AvgIpc) is 1.62. The van der Waals surface area contributed by atoms with Crippen molar-refractivity contribution in [2.24, 2.45) is 11.8 Å². The predicted octanol–water partition coefficient (Wildman–Crippen LogP) is 2.07. The van der Waals surface area contributed by atoms with E-state index in [1.165, 1.54) is 0 Å². The van der Waals surface area contributed by atoms with Gasteiger partial charge in [0.1, 0.15) is 0 Å². The molecular formula is C8H16O. The maximum atomic E-state index is 5.39. The van der Waals surface area contributed by atoms with Gasteiger partial charge in [-0.3, -0.25) is 0 Å². The molecule has 1 heterocycles. The zero-order valence-electron chi connectivity index (χ0n) is 6.77. The first-order valence-corrected chi connectivity index (χ1v) is 3.68. The molecule has 1 saturated heterocycles. The van der Waals surface area contributed by atoms with Crippen molar-refractivity contribution in [3.63, 3.8) is 0 Å². The zero-order valence-corrected chi connectivity index (χ0v) is 6.77. The van der Waals surface area contributed by atoms with E-state index in [-0.39, 0.29) is 5.60 Å². The molecule has 0 amide bonds. The molecule has 1 aliphatic rings. The first kappa shape index (κ1) is 7.07. The lowest BCUT2D eigenvalue weighted by Crippen LogP contribution is -2.51. The lowest BCUT2D eigenvalue weighted by molar-refractivity contribution is -0.196. The van der Waals surface area contributed by atoms with E-state index < -0.39 is 0 Å². The molecule has 9 heavy (non-hydrogen) atoms. The average molecular weight is 128 g/mol. The standard InChI is InChI=1S/C8H16O/c1-6(2)7-5-9-8(7,3)4/h6-7H,5H2,1-4H3/t7-/m0/s1. The summed E-state index contributed by atoms with van der Waals surface area (Å²) >= 11 is 0. The van der Waals surface area contributed by atoms with Gasteiger partial charge in [-0.15, -0.1) is 0 Å². The first-order valence-electron chi connectivity index (χ1n) is 3.68. The quantitative estimate of drug-likeness (QED) is 0.525. The highest BCUT2D eigenvalue weighted by Gasteiger charge is 2.41. The second-order valence-electron chi connectivity index (χ2n) is 3.76. The molecular weight excluding hydrogens is 112 g/mol. The largest absolute Gasteiger partial charge is 0.375 e. The Kier molecular flexibility index (Phi) is 1.55. The Hall–Kier alpha value is -0.0400. The second kappa shape index (κ2) is 1.98. The first-order chi connectivity index (χ1) is 4.04. The van der Waals surface area contributed by atoms with Crippen LogP contribution in [0.25, 0.3) is 0 Å². The predicted molar refractivity (Wildman–Crippen MR) is 38.4 cm³/mol. The number of ether oxygens (including phenoxy) is 1. The summed E-state index contributed by atoms with van der Waals surface area (Å²) < 4.78 is 5.39. The summed E-state index contributed by atoms with van der Waals surface area (Å²) in [5, 5.41) is 0. The maximum Gasteiger partial charge on any atom is 0.0679 e. The molecule has 0 unspecified atom stereocenters. The number of hydrogen-bond donors (Lipinski definition) is 0. The second-order valence-corrected chi connectivity index (χ2v) is 3.76. The molecule has 1 nitrogen and oxygen atoms in total. The fraction of sp³-hybridized carbons (Fsp3) is 1.00. The molecule has 0 spiro atoms. The molecule has 0 saturated carbocycles. The van der Waals surface area contributed by atoms with Gasteiger partial charge >= 0.3 is 0 Å². The van der Waals surface area contributed by atoms with E-state index in [0.29, 0.717) is 0 Å². The van der Waals surface area contributed by atoms with Crippen LogP contribution in [-0.2, 0) is 4.74 Å². The van der Waals surface area contributed by atoms with E-state index in [0.717, 1.165) is 18.4 Å². The van der Waals surface area contributed by atoms with Crippen LogP contribution in [0.1, 0.15) is 27.7 Å². The SMILES string of the molecule is CC(C)[C@@H]1COC1(C)C. The van der Waals surface area contributed by atoms with E-state index >= 15 is 0 Å². The van der Waals surface area contributed by atoms with Crippen molar-refractivity contribution < 1.29 is 4.74 Å². The van der Waals surface area contributed by atoms with Crippen molar-refractivity contribution in [1.29, 1.82) is 0 Å². The van der Waals surface area contributed by atoms with E-state index in [1.807, 2.05) is 0 Å². The summed E-state index contributed by atoms with van der Waals surface area (Å²) in [5.41, 5.74) is 0.161. The molecule has 1 heteroatoms. The Morgan fingerprint density at radius 2 is 2.00 bits per heavy atom. The molecule has 1 aliphatic heterocycles. The normalized spacial score (nSPS) is 32.3. The fourth-order valence-electron chi connectivity index (χ4n) is 1.51. The van der Waals surface area contributed by atoms with Crippen molar-refractivity contribution in [3.05, 3.63) is 0 Å². The van der Waals surface area contributed by atoms with Gasteiger partial charge < -0.3 is 4.74 Å². The lowest BCUT2D eigenvalue weighted by atomic mass is 9.78. The highest BCUT2D eigenvalue weighted by Crippen LogP contribution is 2.36. The molecule has 0 aromatic heterocycles. The molecule has 1 atom stereocenters. The van der Waals surface area contributed by atoms with Gasteiger partial charge in [-0.05, 0) is 19.8 Å². The van der Waals surface area contributed by atoms with Crippen molar-refractivity contribution >= 4 is 0 Å².